The number of hydrogen-bond donors (Lipinski definition) is 0. The molecule has 0 bridgehead atoms. The first-order valence-electron chi connectivity index (χ1n) is 6.31. The van der Waals surface area contributed by atoms with Crippen LogP contribution in [0, 0.1) is 0 Å². The Balaban J connectivity index is 1.89. The van der Waals surface area contributed by atoms with E-state index in [9.17, 15) is 4.79 Å². The van der Waals surface area contributed by atoms with Gasteiger partial charge in [-0.15, -0.1) is 0 Å². The van der Waals surface area contributed by atoms with E-state index >= 15 is 0 Å². The molecule has 0 N–H and O–H groups in total. The van der Waals surface area contributed by atoms with E-state index in [0.29, 0.717) is 11.1 Å². The highest BCUT2D eigenvalue weighted by molar-refractivity contribution is 6.08. The highest BCUT2D eigenvalue weighted by Crippen LogP contribution is 2.17. The molecule has 0 atom stereocenters. The molecule has 1 aromatic carbocycles. The van der Waals surface area contributed by atoms with E-state index < -0.39 is 0 Å². The molecule has 2 aromatic heterocycles. The molecule has 20 heavy (non-hydrogen) atoms. The normalized spacial score (nSPS) is 10.2. The van der Waals surface area contributed by atoms with Crippen LogP contribution < -0.4 is 0 Å². The van der Waals surface area contributed by atoms with Gasteiger partial charge in [0, 0.05) is 35.3 Å². The molecule has 0 unspecified atom stereocenters. The number of hydrogen-bond acceptors (Lipinski definition) is 3. The zero-order chi connectivity index (χ0) is 13.8. The Hall–Kier alpha value is -2.81. The Morgan fingerprint density at radius 1 is 0.800 bits per heavy atom. The minimum atomic E-state index is -0.0145. The quantitative estimate of drug-likeness (QED) is 0.678. The van der Waals surface area contributed by atoms with Crippen molar-refractivity contribution in [3.63, 3.8) is 0 Å². The second-order valence-electron chi connectivity index (χ2n) is 4.36. The lowest BCUT2D eigenvalue weighted by molar-refractivity contribution is 0.103. The number of carbonyl (C=O) groups is 1. The summed E-state index contributed by atoms with van der Waals surface area (Å²) in [6.07, 6.45) is 5.06. The number of nitrogens with zero attached hydrogens (tertiary/aromatic N) is 2. The fourth-order valence-electron chi connectivity index (χ4n) is 1.98. The lowest BCUT2D eigenvalue weighted by Crippen LogP contribution is -2.01. The zero-order valence-electron chi connectivity index (χ0n) is 10.7. The van der Waals surface area contributed by atoms with Gasteiger partial charge < -0.3 is 0 Å². The zero-order valence-corrected chi connectivity index (χ0v) is 10.7. The van der Waals surface area contributed by atoms with E-state index in [-0.39, 0.29) is 5.78 Å². The standard InChI is InChI=1S/C17H12N2O/c20-17(14-4-2-1-3-5-14)15-6-7-16(19-12-15)13-8-10-18-11-9-13/h1-12H. The Morgan fingerprint density at radius 3 is 2.20 bits per heavy atom. The maximum absolute atomic E-state index is 12.2. The lowest BCUT2D eigenvalue weighted by atomic mass is 10.0. The van der Waals surface area contributed by atoms with E-state index in [1.165, 1.54) is 0 Å². The summed E-state index contributed by atoms with van der Waals surface area (Å²) in [6.45, 7) is 0. The Bertz CT molecular complexity index is 707. The van der Waals surface area contributed by atoms with Crippen molar-refractivity contribution in [3.8, 4) is 11.3 Å². The molecule has 0 amide bonds. The molecule has 0 aliphatic heterocycles. The fourth-order valence-corrected chi connectivity index (χ4v) is 1.98. The summed E-state index contributed by atoms with van der Waals surface area (Å²) >= 11 is 0. The van der Waals surface area contributed by atoms with Crippen molar-refractivity contribution >= 4 is 5.78 Å². The summed E-state index contributed by atoms with van der Waals surface area (Å²) in [6, 6.07) is 16.6. The molecule has 0 aliphatic carbocycles. The molecule has 0 fully saturated rings. The van der Waals surface area contributed by atoms with E-state index in [2.05, 4.69) is 9.97 Å². The van der Waals surface area contributed by atoms with Crippen LogP contribution in [0.4, 0.5) is 0 Å². The second kappa shape index (κ2) is 5.45. The molecule has 3 aromatic rings. The van der Waals surface area contributed by atoms with Crippen LogP contribution in [0.25, 0.3) is 11.3 Å². The van der Waals surface area contributed by atoms with E-state index in [4.69, 9.17) is 0 Å². The van der Waals surface area contributed by atoms with Crippen molar-refractivity contribution in [2.45, 2.75) is 0 Å². The molecule has 0 radical (unpaired) electrons. The molecule has 3 rings (SSSR count). The number of rotatable bonds is 3. The summed E-state index contributed by atoms with van der Waals surface area (Å²) in [5.74, 6) is -0.0145. The molecule has 2 heterocycles. The molecule has 3 nitrogen and oxygen atoms in total. The molecule has 3 heteroatoms. The number of benzene rings is 1. The van der Waals surface area contributed by atoms with Crippen LogP contribution in [-0.4, -0.2) is 15.8 Å². The number of pyridine rings is 2. The summed E-state index contributed by atoms with van der Waals surface area (Å²) in [5.41, 5.74) is 3.08. The topological polar surface area (TPSA) is 42.9 Å². The highest BCUT2D eigenvalue weighted by Gasteiger charge is 2.09. The Kier molecular flexibility index (Phi) is 3.33. The van der Waals surface area contributed by atoms with Gasteiger partial charge >= 0.3 is 0 Å². The van der Waals surface area contributed by atoms with E-state index in [1.807, 2.05) is 36.4 Å². The van der Waals surface area contributed by atoms with Crippen LogP contribution in [-0.2, 0) is 0 Å². The van der Waals surface area contributed by atoms with Crippen LogP contribution in [0.2, 0.25) is 0 Å². The largest absolute Gasteiger partial charge is 0.289 e. The van der Waals surface area contributed by atoms with Crippen molar-refractivity contribution in [2.24, 2.45) is 0 Å². The SMILES string of the molecule is O=C(c1ccccc1)c1ccc(-c2ccncc2)nc1. The van der Waals surface area contributed by atoms with Gasteiger partial charge in [-0.1, -0.05) is 30.3 Å². The summed E-state index contributed by atoms with van der Waals surface area (Å²) in [4.78, 5) is 20.6. The first-order valence-corrected chi connectivity index (χ1v) is 6.31. The predicted octanol–water partition coefficient (Wildman–Crippen LogP) is 3.37. The van der Waals surface area contributed by atoms with Gasteiger partial charge in [0.25, 0.3) is 0 Å². The predicted molar refractivity (Wildman–Crippen MR) is 77.3 cm³/mol. The van der Waals surface area contributed by atoms with Crippen molar-refractivity contribution in [3.05, 3.63) is 84.3 Å². The van der Waals surface area contributed by atoms with E-state index in [1.54, 1.807) is 36.8 Å². The summed E-state index contributed by atoms with van der Waals surface area (Å²) in [5, 5.41) is 0. The smallest absolute Gasteiger partial charge is 0.194 e. The van der Waals surface area contributed by atoms with Crippen LogP contribution in [0.3, 0.4) is 0 Å². The average molecular weight is 260 g/mol. The van der Waals surface area contributed by atoms with Crippen molar-refractivity contribution < 1.29 is 4.79 Å². The van der Waals surface area contributed by atoms with Gasteiger partial charge in [0.15, 0.2) is 5.78 Å². The first-order chi connectivity index (χ1) is 9.84. The van der Waals surface area contributed by atoms with Gasteiger partial charge in [0.05, 0.1) is 5.69 Å². The third-order valence-electron chi connectivity index (χ3n) is 3.04. The van der Waals surface area contributed by atoms with Crippen molar-refractivity contribution in [1.82, 2.24) is 9.97 Å². The summed E-state index contributed by atoms with van der Waals surface area (Å²) < 4.78 is 0. The molecular weight excluding hydrogens is 248 g/mol. The highest BCUT2D eigenvalue weighted by atomic mass is 16.1. The molecule has 0 spiro atoms. The van der Waals surface area contributed by atoms with Crippen LogP contribution >= 0.6 is 0 Å². The Morgan fingerprint density at radius 2 is 1.55 bits per heavy atom. The average Bonchev–Trinajstić information content (AvgIpc) is 2.56. The van der Waals surface area contributed by atoms with Gasteiger partial charge in [0.2, 0.25) is 0 Å². The molecular formula is C17H12N2O. The van der Waals surface area contributed by atoms with Gasteiger partial charge in [0.1, 0.15) is 0 Å². The van der Waals surface area contributed by atoms with Gasteiger partial charge in [-0.25, -0.2) is 0 Å². The molecule has 0 aliphatic rings. The summed E-state index contributed by atoms with van der Waals surface area (Å²) in [7, 11) is 0. The number of aromatic nitrogens is 2. The maximum atomic E-state index is 12.2. The fraction of sp³-hybridized carbons (Fsp3) is 0. The molecule has 96 valence electrons. The Labute approximate surface area is 117 Å². The van der Waals surface area contributed by atoms with Crippen molar-refractivity contribution in [2.75, 3.05) is 0 Å². The third kappa shape index (κ3) is 2.47. The number of ketones is 1. The molecule has 0 saturated carbocycles. The monoisotopic (exact) mass is 260 g/mol. The minimum absolute atomic E-state index is 0.0145. The third-order valence-corrected chi connectivity index (χ3v) is 3.04. The van der Waals surface area contributed by atoms with Crippen molar-refractivity contribution in [1.29, 1.82) is 0 Å². The van der Waals surface area contributed by atoms with Gasteiger partial charge in [-0.2, -0.15) is 0 Å². The number of carbonyl (C=O) groups excluding carboxylic acids is 1. The lowest BCUT2D eigenvalue weighted by Gasteiger charge is -2.03. The van der Waals surface area contributed by atoms with Crippen LogP contribution in [0.5, 0.6) is 0 Å². The van der Waals surface area contributed by atoms with Crippen LogP contribution in [0.15, 0.2) is 73.2 Å². The minimum Gasteiger partial charge on any atom is -0.289 e. The van der Waals surface area contributed by atoms with Crippen LogP contribution in [0.1, 0.15) is 15.9 Å². The first kappa shape index (κ1) is 12.2. The van der Waals surface area contributed by atoms with E-state index in [0.717, 1.165) is 11.3 Å². The van der Waals surface area contributed by atoms with Gasteiger partial charge in [-0.05, 0) is 24.3 Å². The van der Waals surface area contributed by atoms with Gasteiger partial charge in [-0.3, -0.25) is 14.8 Å². The molecule has 0 saturated heterocycles. The maximum Gasteiger partial charge on any atom is 0.194 e. The second-order valence-corrected chi connectivity index (χ2v) is 4.36.